The summed E-state index contributed by atoms with van der Waals surface area (Å²) in [6.07, 6.45) is 0. The highest BCUT2D eigenvalue weighted by molar-refractivity contribution is 7.98. The smallest absolute Gasteiger partial charge is 0.0555 e. The molecule has 2 N–H and O–H groups in total. The summed E-state index contributed by atoms with van der Waals surface area (Å²) in [4.78, 5) is 2.37. The average molecular weight is 294 g/mol. The number of benzene rings is 1. The molecule has 0 radical (unpaired) electrons. The molecule has 1 heterocycles. The van der Waals surface area contributed by atoms with Gasteiger partial charge in [0.25, 0.3) is 0 Å². The molecule has 92 valence electrons. The van der Waals surface area contributed by atoms with E-state index >= 15 is 0 Å². The van der Waals surface area contributed by atoms with Gasteiger partial charge in [0.1, 0.15) is 0 Å². The summed E-state index contributed by atoms with van der Waals surface area (Å²) in [5.41, 5.74) is 6.46. The van der Waals surface area contributed by atoms with E-state index in [4.69, 9.17) is 17.3 Å². The lowest BCUT2D eigenvalue weighted by atomic mass is 10.3. The first-order valence-corrected chi connectivity index (χ1v) is 7.68. The van der Waals surface area contributed by atoms with Crippen LogP contribution in [0.5, 0.6) is 0 Å². The van der Waals surface area contributed by atoms with E-state index in [1.807, 2.05) is 30.3 Å². The van der Waals surface area contributed by atoms with Crippen molar-refractivity contribution >= 4 is 34.7 Å². The molecule has 0 saturated carbocycles. The van der Waals surface area contributed by atoms with Crippen LogP contribution in [0.15, 0.2) is 40.6 Å². The number of nitrogens with two attached hydrogens (primary N) is 1. The molecule has 0 amide bonds. The van der Waals surface area contributed by atoms with Crippen molar-refractivity contribution in [3.8, 4) is 11.8 Å². The van der Waals surface area contributed by atoms with Crippen molar-refractivity contribution in [1.82, 2.24) is 0 Å². The quantitative estimate of drug-likeness (QED) is 0.684. The van der Waals surface area contributed by atoms with Crippen molar-refractivity contribution in [2.45, 2.75) is 10.6 Å². The summed E-state index contributed by atoms with van der Waals surface area (Å²) >= 11 is 9.58. The standard InChI is InChI=1S/C14H12ClNS2/c15-12-5-1-2-6-13(12)18-10-14-11(4-3-8-16)7-9-17-14/h1-2,5-7,9H,8,10,16H2. The first-order chi connectivity index (χ1) is 8.81. The Bertz CT molecular complexity index is 581. The van der Waals surface area contributed by atoms with Gasteiger partial charge >= 0.3 is 0 Å². The molecule has 1 aromatic heterocycles. The Labute approximate surface area is 120 Å². The molecular weight excluding hydrogens is 282 g/mol. The van der Waals surface area contributed by atoms with Crippen LogP contribution in [0.1, 0.15) is 10.4 Å². The first-order valence-electron chi connectivity index (χ1n) is 5.44. The third kappa shape index (κ3) is 3.54. The SMILES string of the molecule is NCC#Cc1ccsc1CSc1ccccc1Cl. The van der Waals surface area contributed by atoms with Gasteiger partial charge in [-0.2, -0.15) is 0 Å². The molecule has 2 rings (SSSR count). The summed E-state index contributed by atoms with van der Waals surface area (Å²) in [6.45, 7) is 0.396. The fourth-order valence-corrected chi connectivity index (χ4v) is 3.60. The van der Waals surface area contributed by atoms with Gasteiger partial charge in [0, 0.05) is 21.1 Å². The van der Waals surface area contributed by atoms with Crippen LogP contribution in [-0.2, 0) is 5.75 Å². The van der Waals surface area contributed by atoms with E-state index < -0.39 is 0 Å². The molecule has 2 aromatic rings. The monoisotopic (exact) mass is 293 g/mol. The Hall–Kier alpha value is -0.920. The van der Waals surface area contributed by atoms with Gasteiger partial charge in [-0.1, -0.05) is 35.6 Å². The Morgan fingerprint density at radius 1 is 1.28 bits per heavy atom. The molecular formula is C14H12ClNS2. The molecule has 4 heteroatoms. The molecule has 18 heavy (non-hydrogen) atoms. The van der Waals surface area contributed by atoms with Crippen LogP contribution < -0.4 is 5.73 Å². The van der Waals surface area contributed by atoms with Crippen LogP contribution in [0.2, 0.25) is 5.02 Å². The van der Waals surface area contributed by atoms with Crippen molar-refractivity contribution < 1.29 is 0 Å². The zero-order valence-corrected chi connectivity index (χ0v) is 12.0. The van der Waals surface area contributed by atoms with Crippen LogP contribution >= 0.6 is 34.7 Å². The van der Waals surface area contributed by atoms with Gasteiger partial charge in [0.15, 0.2) is 0 Å². The highest BCUT2D eigenvalue weighted by Gasteiger charge is 2.05. The summed E-state index contributed by atoms with van der Waals surface area (Å²) in [6, 6.07) is 9.92. The van der Waals surface area contributed by atoms with Gasteiger partial charge < -0.3 is 5.73 Å². The lowest BCUT2D eigenvalue weighted by molar-refractivity contribution is 1.30. The minimum Gasteiger partial charge on any atom is -0.320 e. The minimum absolute atomic E-state index is 0.396. The first kappa shape index (κ1) is 13.5. The van der Waals surface area contributed by atoms with E-state index in [0.29, 0.717) is 6.54 Å². The van der Waals surface area contributed by atoms with Crippen molar-refractivity contribution in [3.05, 3.63) is 51.2 Å². The van der Waals surface area contributed by atoms with Gasteiger partial charge in [-0.3, -0.25) is 0 Å². The van der Waals surface area contributed by atoms with E-state index in [1.54, 1.807) is 23.1 Å². The molecule has 0 aliphatic rings. The van der Waals surface area contributed by atoms with Crippen LogP contribution in [0.4, 0.5) is 0 Å². The second-order valence-electron chi connectivity index (χ2n) is 3.48. The van der Waals surface area contributed by atoms with E-state index in [1.165, 1.54) is 4.88 Å². The van der Waals surface area contributed by atoms with Gasteiger partial charge in [0.2, 0.25) is 0 Å². The Balaban J connectivity index is 2.07. The van der Waals surface area contributed by atoms with Gasteiger partial charge in [0.05, 0.1) is 11.6 Å². The number of thioether (sulfide) groups is 1. The largest absolute Gasteiger partial charge is 0.320 e. The Morgan fingerprint density at radius 2 is 2.11 bits per heavy atom. The lowest BCUT2D eigenvalue weighted by Crippen LogP contribution is -1.93. The predicted octanol–water partition coefficient (Wildman–Crippen LogP) is 4.00. The summed E-state index contributed by atoms with van der Waals surface area (Å²) in [5, 5.41) is 2.86. The van der Waals surface area contributed by atoms with Crippen LogP contribution in [0.3, 0.4) is 0 Å². The van der Waals surface area contributed by atoms with Crippen LogP contribution in [0, 0.1) is 11.8 Å². The fourth-order valence-electron chi connectivity index (χ4n) is 1.42. The molecule has 0 spiro atoms. The molecule has 0 aliphatic heterocycles. The van der Waals surface area contributed by atoms with Gasteiger partial charge in [-0.05, 0) is 23.6 Å². The molecule has 1 nitrogen and oxygen atoms in total. The zero-order chi connectivity index (χ0) is 12.8. The maximum atomic E-state index is 6.13. The lowest BCUT2D eigenvalue weighted by Gasteiger charge is -2.02. The number of thiophene rings is 1. The van der Waals surface area contributed by atoms with E-state index in [2.05, 4.69) is 17.2 Å². The topological polar surface area (TPSA) is 26.0 Å². The van der Waals surface area contributed by atoms with Gasteiger partial charge in [-0.15, -0.1) is 23.1 Å². The molecule has 0 fully saturated rings. The van der Waals surface area contributed by atoms with E-state index in [0.717, 1.165) is 21.2 Å². The third-order valence-corrected chi connectivity index (χ3v) is 4.91. The predicted molar refractivity (Wildman–Crippen MR) is 81.3 cm³/mol. The Morgan fingerprint density at radius 3 is 2.89 bits per heavy atom. The Kier molecular flexibility index (Phi) is 5.15. The summed E-state index contributed by atoms with van der Waals surface area (Å²) in [7, 11) is 0. The molecule has 0 aliphatic carbocycles. The van der Waals surface area contributed by atoms with Crippen molar-refractivity contribution in [2.24, 2.45) is 5.73 Å². The second-order valence-corrected chi connectivity index (χ2v) is 5.91. The minimum atomic E-state index is 0.396. The van der Waals surface area contributed by atoms with Crippen molar-refractivity contribution in [2.75, 3.05) is 6.54 Å². The normalized spacial score (nSPS) is 9.89. The summed E-state index contributed by atoms with van der Waals surface area (Å²) < 4.78 is 0. The van der Waals surface area contributed by atoms with E-state index in [9.17, 15) is 0 Å². The number of hydrogen-bond acceptors (Lipinski definition) is 3. The van der Waals surface area contributed by atoms with E-state index in [-0.39, 0.29) is 0 Å². The highest BCUT2D eigenvalue weighted by atomic mass is 35.5. The second kappa shape index (κ2) is 6.86. The summed E-state index contributed by atoms with van der Waals surface area (Å²) in [5.74, 6) is 6.87. The molecule has 1 aromatic carbocycles. The van der Waals surface area contributed by atoms with Gasteiger partial charge in [-0.25, -0.2) is 0 Å². The third-order valence-electron chi connectivity index (χ3n) is 2.27. The van der Waals surface area contributed by atoms with Crippen LogP contribution in [-0.4, -0.2) is 6.54 Å². The molecule has 0 bridgehead atoms. The molecule has 0 unspecified atom stereocenters. The maximum absolute atomic E-state index is 6.13. The maximum Gasteiger partial charge on any atom is 0.0555 e. The van der Waals surface area contributed by atoms with Crippen molar-refractivity contribution in [1.29, 1.82) is 0 Å². The molecule has 0 saturated heterocycles. The van der Waals surface area contributed by atoms with Crippen molar-refractivity contribution in [3.63, 3.8) is 0 Å². The number of halogens is 1. The zero-order valence-electron chi connectivity index (χ0n) is 9.65. The highest BCUT2D eigenvalue weighted by Crippen LogP contribution is 2.31. The number of rotatable bonds is 3. The average Bonchev–Trinajstić information content (AvgIpc) is 2.83. The molecule has 0 atom stereocenters. The number of hydrogen-bond donors (Lipinski definition) is 1. The fraction of sp³-hybridized carbons (Fsp3) is 0.143. The van der Waals surface area contributed by atoms with Crippen LogP contribution in [0.25, 0.3) is 0 Å².